The summed E-state index contributed by atoms with van der Waals surface area (Å²) in [5, 5.41) is 0. The Bertz CT molecular complexity index is 884. The van der Waals surface area contributed by atoms with Crippen LogP contribution in [0.25, 0.3) is 6.08 Å². The quantitative estimate of drug-likeness (QED) is 0.499. The summed E-state index contributed by atoms with van der Waals surface area (Å²) in [5.41, 5.74) is -0.239. The summed E-state index contributed by atoms with van der Waals surface area (Å²) < 4.78 is 10.8. The molecule has 2 amide bonds. The van der Waals surface area contributed by atoms with Crippen molar-refractivity contribution >= 4 is 23.9 Å². The molecule has 0 atom stereocenters. The molecule has 0 aromatic heterocycles. The number of carbonyl (C=O) groups excluding carboxylic acids is 3. The number of esters is 1. The number of ether oxygens (including phenoxy) is 2. The van der Waals surface area contributed by atoms with Crippen LogP contribution >= 0.6 is 0 Å². The van der Waals surface area contributed by atoms with E-state index < -0.39 is 11.6 Å². The zero-order valence-electron chi connectivity index (χ0n) is 19.6. The van der Waals surface area contributed by atoms with Gasteiger partial charge in [-0.1, -0.05) is 18.2 Å². The van der Waals surface area contributed by atoms with Crippen LogP contribution in [0, 0.1) is 5.41 Å². The smallest absolute Gasteiger partial charge is 0.303 e. The molecule has 2 aliphatic rings. The van der Waals surface area contributed by atoms with E-state index >= 15 is 0 Å². The Labute approximate surface area is 190 Å². The molecular weight excluding hydrogens is 408 g/mol. The molecule has 2 aliphatic heterocycles. The van der Waals surface area contributed by atoms with Crippen molar-refractivity contribution < 1.29 is 23.9 Å². The van der Waals surface area contributed by atoms with Gasteiger partial charge in [0.1, 0.15) is 5.75 Å². The summed E-state index contributed by atoms with van der Waals surface area (Å²) in [6.45, 7) is 9.75. The second-order valence-corrected chi connectivity index (χ2v) is 9.21. The Kier molecular flexibility index (Phi) is 7.26. The molecule has 174 valence electrons. The van der Waals surface area contributed by atoms with Crippen LogP contribution in [0.2, 0.25) is 0 Å². The Morgan fingerprint density at radius 1 is 1.06 bits per heavy atom. The number of amides is 2. The zero-order chi connectivity index (χ0) is 23.4. The van der Waals surface area contributed by atoms with Gasteiger partial charge >= 0.3 is 5.97 Å². The van der Waals surface area contributed by atoms with Crippen LogP contribution in [-0.4, -0.2) is 66.0 Å². The first-order chi connectivity index (χ1) is 15.2. The minimum absolute atomic E-state index is 0.00641. The molecule has 1 aromatic rings. The van der Waals surface area contributed by atoms with Gasteiger partial charge in [0.15, 0.2) is 5.60 Å². The highest BCUT2D eigenvalue weighted by Crippen LogP contribution is 2.41. The predicted molar refractivity (Wildman–Crippen MR) is 122 cm³/mol. The van der Waals surface area contributed by atoms with Gasteiger partial charge in [0.05, 0.1) is 6.61 Å². The standard InChI is InChI=1S/C25H34N2O5/c1-5-31-21-9-7-6-8-20(21)10-11-22(29)26-15-12-25(13-16-26)14-17-27(18-25)23(30)24(3,4)32-19(2)28/h6-11H,5,12-18H2,1-4H3/b11-10+. The van der Waals surface area contributed by atoms with Crippen molar-refractivity contribution in [3.8, 4) is 5.75 Å². The molecule has 0 bridgehead atoms. The Balaban J connectivity index is 1.55. The number of benzene rings is 1. The van der Waals surface area contributed by atoms with Gasteiger partial charge in [0.25, 0.3) is 5.91 Å². The van der Waals surface area contributed by atoms with Gasteiger partial charge in [0, 0.05) is 44.7 Å². The third kappa shape index (κ3) is 5.50. The highest BCUT2D eigenvalue weighted by atomic mass is 16.6. The van der Waals surface area contributed by atoms with E-state index in [0.29, 0.717) is 32.8 Å². The molecule has 32 heavy (non-hydrogen) atoms. The number of carbonyl (C=O) groups is 3. The maximum Gasteiger partial charge on any atom is 0.303 e. The zero-order valence-corrected chi connectivity index (χ0v) is 19.6. The number of hydrogen-bond acceptors (Lipinski definition) is 5. The molecule has 1 aromatic carbocycles. The van der Waals surface area contributed by atoms with Crippen molar-refractivity contribution in [1.82, 2.24) is 9.80 Å². The lowest BCUT2D eigenvalue weighted by Crippen LogP contribution is -2.49. The molecule has 0 unspecified atom stereocenters. The fourth-order valence-electron chi connectivity index (χ4n) is 4.67. The molecule has 7 heteroatoms. The van der Waals surface area contributed by atoms with E-state index in [1.807, 2.05) is 47.1 Å². The second kappa shape index (κ2) is 9.76. The molecular formula is C25H34N2O5. The number of piperidine rings is 1. The van der Waals surface area contributed by atoms with Crippen LogP contribution in [0.5, 0.6) is 5.75 Å². The van der Waals surface area contributed by atoms with E-state index in [9.17, 15) is 14.4 Å². The second-order valence-electron chi connectivity index (χ2n) is 9.21. The van der Waals surface area contributed by atoms with Gasteiger partial charge in [-0.3, -0.25) is 14.4 Å². The number of hydrogen-bond donors (Lipinski definition) is 0. The monoisotopic (exact) mass is 442 g/mol. The van der Waals surface area contributed by atoms with Crippen molar-refractivity contribution in [3.63, 3.8) is 0 Å². The Morgan fingerprint density at radius 2 is 1.69 bits per heavy atom. The van der Waals surface area contributed by atoms with Gasteiger partial charge < -0.3 is 19.3 Å². The van der Waals surface area contributed by atoms with Crippen LogP contribution in [0.4, 0.5) is 0 Å². The third-order valence-electron chi connectivity index (χ3n) is 6.40. The van der Waals surface area contributed by atoms with Crippen LogP contribution in [0.15, 0.2) is 30.3 Å². The number of para-hydroxylation sites is 1. The van der Waals surface area contributed by atoms with Gasteiger partial charge in [-0.15, -0.1) is 0 Å². The first-order valence-corrected chi connectivity index (χ1v) is 11.3. The lowest BCUT2D eigenvalue weighted by Gasteiger charge is -2.39. The Hall–Kier alpha value is -2.83. The first kappa shape index (κ1) is 23.8. The molecule has 2 saturated heterocycles. The van der Waals surface area contributed by atoms with E-state index in [1.165, 1.54) is 6.92 Å². The maximum atomic E-state index is 12.9. The average molecular weight is 443 g/mol. The molecule has 0 aliphatic carbocycles. The van der Waals surface area contributed by atoms with Gasteiger partial charge in [-0.05, 0) is 57.6 Å². The van der Waals surface area contributed by atoms with E-state index in [0.717, 1.165) is 30.6 Å². The summed E-state index contributed by atoms with van der Waals surface area (Å²) in [7, 11) is 0. The first-order valence-electron chi connectivity index (χ1n) is 11.3. The van der Waals surface area contributed by atoms with E-state index in [4.69, 9.17) is 9.47 Å². The molecule has 2 heterocycles. The van der Waals surface area contributed by atoms with Crippen LogP contribution in [0.1, 0.15) is 52.5 Å². The number of rotatable bonds is 6. The van der Waals surface area contributed by atoms with Crippen LogP contribution in [-0.2, 0) is 19.1 Å². The summed E-state index contributed by atoms with van der Waals surface area (Å²) in [6.07, 6.45) is 6.06. The van der Waals surface area contributed by atoms with Crippen molar-refractivity contribution in [2.24, 2.45) is 5.41 Å². The number of nitrogens with zero attached hydrogens (tertiary/aromatic N) is 2. The van der Waals surface area contributed by atoms with E-state index in [-0.39, 0.29) is 17.2 Å². The van der Waals surface area contributed by atoms with Gasteiger partial charge in [0.2, 0.25) is 5.91 Å². The molecule has 0 saturated carbocycles. The minimum Gasteiger partial charge on any atom is -0.493 e. The SMILES string of the molecule is CCOc1ccccc1/C=C/C(=O)N1CCC2(CC1)CCN(C(=O)C(C)(C)OC(C)=O)C2. The number of likely N-dealkylation sites (tertiary alicyclic amines) is 2. The molecule has 0 radical (unpaired) electrons. The summed E-state index contributed by atoms with van der Waals surface area (Å²) in [5.74, 6) is 0.150. The fourth-order valence-corrected chi connectivity index (χ4v) is 4.67. The highest BCUT2D eigenvalue weighted by molar-refractivity contribution is 5.92. The summed E-state index contributed by atoms with van der Waals surface area (Å²) in [4.78, 5) is 40.6. The summed E-state index contributed by atoms with van der Waals surface area (Å²) in [6, 6.07) is 7.67. The Morgan fingerprint density at radius 3 is 2.31 bits per heavy atom. The maximum absolute atomic E-state index is 12.9. The van der Waals surface area contributed by atoms with Crippen molar-refractivity contribution in [3.05, 3.63) is 35.9 Å². The fraction of sp³-hybridized carbons (Fsp3) is 0.560. The molecule has 3 rings (SSSR count). The van der Waals surface area contributed by atoms with Crippen molar-refractivity contribution in [2.45, 2.75) is 52.6 Å². The third-order valence-corrected chi connectivity index (χ3v) is 6.40. The lowest BCUT2D eigenvalue weighted by molar-refractivity contribution is -0.168. The van der Waals surface area contributed by atoms with E-state index in [2.05, 4.69) is 0 Å². The van der Waals surface area contributed by atoms with E-state index in [1.54, 1.807) is 19.9 Å². The molecule has 2 fully saturated rings. The van der Waals surface area contributed by atoms with Gasteiger partial charge in [-0.2, -0.15) is 0 Å². The molecule has 1 spiro atoms. The lowest BCUT2D eigenvalue weighted by atomic mass is 9.77. The van der Waals surface area contributed by atoms with Crippen molar-refractivity contribution in [1.29, 1.82) is 0 Å². The van der Waals surface area contributed by atoms with Crippen molar-refractivity contribution in [2.75, 3.05) is 32.8 Å². The highest BCUT2D eigenvalue weighted by Gasteiger charge is 2.46. The normalized spacial score (nSPS) is 18.2. The topological polar surface area (TPSA) is 76.2 Å². The average Bonchev–Trinajstić information content (AvgIpc) is 3.15. The molecule has 7 nitrogen and oxygen atoms in total. The molecule has 0 N–H and O–H groups in total. The minimum atomic E-state index is -1.16. The van der Waals surface area contributed by atoms with Crippen LogP contribution < -0.4 is 4.74 Å². The summed E-state index contributed by atoms with van der Waals surface area (Å²) >= 11 is 0. The predicted octanol–water partition coefficient (Wildman–Crippen LogP) is 3.28. The largest absolute Gasteiger partial charge is 0.493 e. The van der Waals surface area contributed by atoms with Gasteiger partial charge in [-0.25, -0.2) is 0 Å². The van der Waals surface area contributed by atoms with Crippen LogP contribution in [0.3, 0.4) is 0 Å².